The summed E-state index contributed by atoms with van der Waals surface area (Å²) in [5.74, 6) is 0.454. The molecule has 1 aromatic heterocycles. The van der Waals surface area contributed by atoms with Crippen LogP contribution >= 0.6 is 22.9 Å². The summed E-state index contributed by atoms with van der Waals surface area (Å²) in [6.07, 6.45) is 5.26. The van der Waals surface area contributed by atoms with Crippen molar-refractivity contribution in [2.24, 2.45) is 0 Å². The fourth-order valence-corrected chi connectivity index (χ4v) is 5.19. The summed E-state index contributed by atoms with van der Waals surface area (Å²) in [5, 5.41) is 10.5. The Hall–Kier alpha value is -2.28. The van der Waals surface area contributed by atoms with Crippen LogP contribution in [0.15, 0.2) is 17.6 Å². The second-order valence-corrected chi connectivity index (χ2v) is 7.90. The standard InChI is InChI=1S/C15H10ClFN2O4S2/c1-3-6-19-15-13(24-7-18-15)11(20)14(25(19,21)22)10-9(17)5-4-8(16)12(10)23-2/h1,4-5,7,20H,6H2,2H3. The van der Waals surface area contributed by atoms with Crippen LogP contribution in [0.2, 0.25) is 5.02 Å². The maximum atomic E-state index is 14.5. The van der Waals surface area contributed by atoms with Crippen LogP contribution in [0.5, 0.6) is 5.75 Å². The predicted octanol–water partition coefficient (Wildman–Crippen LogP) is 3.11. The van der Waals surface area contributed by atoms with E-state index >= 15 is 0 Å². The number of methoxy groups -OCH3 is 1. The number of sulfonamides is 1. The van der Waals surface area contributed by atoms with Crippen molar-refractivity contribution in [3.63, 3.8) is 0 Å². The first-order valence-corrected chi connectivity index (χ1v) is 9.40. The van der Waals surface area contributed by atoms with Gasteiger partial charge in [-0.05, 0) is 12.1 Å². The summed E-state index contributed by atoms with van der Waals surface area (Å²) >= 11 is 6.99. The second-order valence-electron chi connectivity index (χ2n) is 4.84. The van der Waals surface area contributed by atoms with Crippen molar-refractivity contribution >= 4 is 49.4 Å². The van der Waals surface area contributed by atoms with E-state index in [0.717, 1.165) is 21.7 Å². The minimum Gasteiger partial charge on any atom is -0.505 e. The minimum absolute atomic E-state index is 0.00648. The van der Waals surface area contributed by atoms with Crippen molar-refractivity contribution in [1.29, 1.82) is 0 Å². The Labute approximate surface area is 152 Å². The van der Waals surface area contributed by atoms with Gasteiger partial charge in [0, 0.05) is 0 Å². The minimum atomic E-state index is -4.40. The van der Waals surface area contributed by atoms with Crippen molar-refractivity contribution < 1.29 is 22.7 Å². The molecule has 6 nitrogen and oxygen atoms in total. The van der Waals surface area contributed by atoms with Crippen LogP contribution in [0.4, 0.5) is 10.2 Å². The molecule has 10 heteroatoms. The summed E-state index contributed by atoms with van der Waals surface area (Å²) in [5.41, 5.74) is 0.891. The molecule has 0 saturated carbocycles. The normalized spacial score (nSPS) is 15.7. The average molecular weight is 401 g/mol. The largest absolute Gasteiger partial charge is 0.505 e. The molecule has 1 aliphatic rings. The molecule has 0 amide bonds. The third-order valence-corrected chi connectivity index (χ3v) is 6.40. The lowest BCUT2D eigenvalue weighted by atomic mass is 10.1. The Morgan fingerprint density at radius 3 is 2.88 bits per heavy atom. The van der Waals surface area contributed by atoms with Crippen LogP contribution in [0, 0.1) is 18.2 Å². The molecule has 1 N–H and O–H groups in total. The molecule has 0 bridgehead atoms. The Morgan fingerprint density at radius 1 is 1.52 bits per heavy atom. The van der Waals surface area contributed by atoms with Crippen molar-refractivity contribution in [2.75, 3.05) is 18.0 Å². The SMILES string of the molecule is C#CCN1c2ncsc2C(O)=C(c2c(F)ccc(Cl)c2OC)S1(=O)=O. The number of aliphatic hydroxyl groups excluding tert-OH is 1. The van der Waals surface area contributed by atoms with E-state index in [4.69, 9.17) is 22.8 Å². The zero-order valence-electron chi connectivity index (χ0n) is 12.7. The van der Waals surface area contributed by atoms with E-state index in [0.29, 0.717) is 0 Å². The number of aromatic nitrogens is 1. The second kappa shape index (κ2) is 6.22. The van der Waals surface area contributed by atoms with Crippen LogP contribution in [0.25, 0.3) is 10.7 Å². The number of halogens is 2. The number of terminal acetylenes is 1. The highest BCUT2D eigenvalue weighted by molar-refractivity contribution is 8.02. The average Bonchev–Trinajstić information content (AvgIpc) is 3.04. The van der Waals surface area contributed by atoms with Gasteiger partial charge in [0.2, 0.25) is 0 Å². The summed E-state index contributed by atoms with van der Waals surface area (Å²) in [4.78, 5) is 3.42. The highest BCUT2D eigenvalue weighted by Gasteiger charge is 2.42. The molecule has 0 atom stereocenters. The summed E-state index contributed by atoms with van der Waals surface area (Å²) in [6.45, 7) is -0.333. The molecule has 1 aromatic carbocycles. The fraction of sp³-hybridized carbons (Fsp3) is 0.133. The topological polar surface area (TPSA) is 79.7 Å². The van der Waals surface area contributed by atoms with Gasteiger partial charge < -0.3 is 9.84 Å². The Bertz CT molecular complexity index is 1040. The first-order chi connectivity index (χ1) is 11.8. The number of nitrogens with zero attached hydrogens (tertiary/aromatic N) is 2. The predicted molar refractivity (Wildman–Crippen MR) is 94.6 cm³/mol. The molecule has 0 fully saturated rings. The van der Waals surface area contributed by atoms with Crippen molar-refractivity contribution in [1.82, 2.24) is 4.98 Å². The van der Waals surface area contributed by atoms with Gasteiger partial charge in [-0.25, -0.2) is 22.1 Å². The van der Waals surface area contributed by atoms with E-state index in [-0.39, 0.29) is 28.0 Å². The van der Waals surface area contributed by atoms with E-state index < -0.39 is 32.1 Å². The monoisotopic (exact) mass is 400 g/mol. The van der Waals surface area contributed by atoms with Crippen LogP contribution in [0.3, 0.4) is 0 Å². The van der Waals surface area contributed by atoms with Crippen molar-refractivity contribution in [2.45, 2.75) is 0 Å². The molecule has 25 heavy (non-hydrogen) atoms. The smallest absolute Gasteiger partial charge is 0.271 e. The maximum absolute atomic E-state index is 14.5. The van der Waals surface area contributed by atoms with E-state index in [1.165, 1.54) is 18.7 Å². The maximum Gasteiger partial charge on any atom is 0.271 e. The van der Waals surface area contributed by atoms with E-state index in [1.54, 1.807) is 0 Å². The van der Waals surface area contributed by atoms with Gasteiger partial charge in [-0.1, -0.05) is 17.5 Å². The van der Waals surface area contributed by atoms with Crippen LogP contribution in [0.1, 0.15) is 10.4 Å². The molecule has 3 rings (SSSR count). The number of anilines is 1. The van der Waals surface area contributed by atoms with Gasteiger partial charge in [-0.2, -0.15) is 0 Å². The fourth-order valence-electron chi connectivity index (χ4n) is 2.46. The zero-order valence-corrected chi connectivity index (χ0v) is 15.0. The molecule has 2 aromatic rings. The number of thiazole rings is 1. The van der Waals surface area contributed by atoms with Gasteiger partial charge in [0.1, 0.15) is 21.3 Å². The number of hydrogen-bond acceptors (Lipinski definition) is 6. The number of ether oxygens (including phenoxy) is 1. The van der Waals surface area contributed by atoms with Gasteiger partial charge in [0.05, 0.1) is 29.8 Å². The molecule has 0 unspecified atom stereocenters. The van der Waals surface area contributed by atoms with Crippen LogP contribution < -0.4 is 9.04 Å². The third kappa shape index (κ3) is 2.54. The van der Waals surface area contributed by atoms with Gasteiger partial charge in [0.15, 0.2) is 11.6 Å². The number of aliphatic hydroxyl groups is 1. The van der Waals surface area contributed by atoms with Gasteiger partial charge in [0.25, 0.3) is 10.0 Å². The number of fused-ring (bicyclic) bond motifs is 1. The third-order valence-electron chi connectivity index (χ3n) is 3.49. The Balaban J connectivity index is 2.43. The molecule has 0 radical (unpaired) electrons. The summed E-state index contributed by atoms with van der Waals surface area (Å²) in [7, 11) is -3.18. The molecule has 2 heterocycles. The lowest BCUT2D eigenvalue weighted by Crippen LogP contribution is -2.35. The van der Waals surface area contributed by atoms with Crippen LogP contribution in [-0.4, -0.2) is 32.2 Å². The highest BCUT2D eigenvalue weighted by Crippen LogP contribution is 2.47. The van der Waals surface area contributed by atoms with E-state index in [2.05, 4.69) is 10.9 Å². The number of rotatable bonds is 3. The first kappa shape index (κ1) is 17.5. The molecule has 0 aliphatic carbocycles. The van der Waals surface area contributed by atoms with E-state index in [9.17, 15) is 17.9 Å². The zero-order chi connectivity index (χ0) is 18.4. The molecule has 0 saturated heterocycles. The number of benzene rings is 1. The molecule has 130 valence electrons. The molecular formula is C15H10ClFN2O4S2. The van der Waals surface area contributed by atoms with Gasteiger partial charge >= 0.3 is 0 Å². The van der Waals surface area contributed by atoms with Crippen LogP contribution in [-0.2, 0) is 10.0 Å². The quantitative estimate of drug-likeness (QED) is 0.801. The molecular weight excluding hydrogens is 391 g/mol. The van der Waals surface area contributed by atoms with E-state index in [1.807, 2.05) is 0 Å². The Morgan fingerprint density at radius 2 is 2.24 bits per heavy atom. The number of hydrogen-bond donors (Lipinski definition) is 1. The van der Waals surface area contributed by atoms with Gasteiger partial charge in [-0.15, -0.1) is 17.8 Å². The lowest BCUT2D eigenvalue weighted by Gasteiger charge is -2.28. The Kier molecular flexibility index (Phi) is 4.36. The molecule has 0 spiro atoms. The highest BCUT2D eigenvalue weighted by atomic mass is 35.5. The first-order valence-electron chi connectivity index (χ1n) is 6.70. The summed E-state index contributed by atoms with van der Waals surface area (Å²) < 4.78 is 46.4. The van der Waals surface area contributed by atoms with Crippen molar-refractivity contribution in [3.8, 4) is 18.1 Å². The summed E-state index contributed by atoms with van der Waals surface area (Å²) in [6, 6.07) is 2.22. The lowest BCUT2D eigenvalue weighted by molar-refractivity contribution is 0.409. The molecule has 1 aliphatic heterocycles. The van der Waals surface area contributed by atoms with Crippen molar-refractivity contribution in [3.05, 3.63) is 38.9 Å². The van der Waals surface area contributed by atoms with Gasteiger partial charge in [-0.3, -0.25) is 0 Å².